The summed E-state index contributed by atoms with van der Waals surface area (Å²) in [6.07, 6.45) is 3.20. The number of halogens is 1. The van der Waals surface area contributed by atoms with Gasteiger partial charge in [-0.2, -0.15) is 10.4 Å². The number of nitrogens with zero attached hydrogens (tertiary/aromatic N) is 4. The third kappa shape index (κ3) is 4.88. The van der Waals surface area contributed by atoms with Gasteiger partial charge in [-0.1, -0.05) is 11.6 Å². The fourth-order valence-corrected chi connectivity index (χ4v) is 4.83. The van der Waals surface area contributed by atoms with Crippen LogP contribution in [-0.4, -0.2) is 50.3 Å². The van der Waals surface area contributed by atoms with E-state index in [0.717, 1.165) is 0 Å². The zero-order valence-corrected chi connectivity index (χ0v) is 20.0. The second-order valence-corrected chi connectivity index (χ2v) is 10.2. The Morgan fingerprint density at radius 3 is 2.53 bits per heavy atom. The molecule has 1 aromatic carbocycles. The number of rotatable bonds is 6. The van der Waals surface area contributed by atoms with Gasteiger partial charge < -0.3 is 21.1 Å². The molecule has 2 heterocycles. The van der Waals surface area contributed by atoms with Gasteiger partial charge in [0.05, 0.1) is 23.6 Å². The number of primary amides is 1. The van der Waals surface area contributed by atoms with Crippen molar-refractivity contribution in [2.45, 2.75) is 44.8 Å². The van der Waals surface area contributed by atoms with Gasteiger partial charge in [-0.05, 0) is 57.4 Å². The van der Waals surface area contributed by atoms with Crippen LogP contribution in [0.5, 0.6) is 0 Å². The molecule has 9 nitrogen and oxygen atoms in total. The molecule has 0 radical (unpaired) electrons. The van der Waals surface area contributed by atoms with E-state index in [-0.39, 0.29) is 29.3 Å². The van der Waals surface area contributed by atoms with Crippen molar-refractivity contribution in [2.75, 3.05) is 18.4 Å². The summed E-state index contributed by atoms with van der Waals surface area (Å²) in [5.74, 6) is -0.869. The monoisotopic (exact) mass is 484 g/mol. The second-order valence-electron chi connectivity index (χ2n) is 9.77. The van der Waals surface area contributed by atoms with Crippen molar-refractivity contribution >= 4 is 34.9 Å². The minimum Gasteiger partial charge on any atom is -0.390 e. The van der Waals surface area contributed by atoms with Crippen LogP contribution < -0.4 is 11.1 Å². The molecule has 180 valence electrons. The average Bonchev–Trinajstić information content (AvgIpc) is 3.16. The topological polar surface area (TPSA) is 137 Å². The van der Waals surface area contributed by atoms with Crippen molar-refractivity contribution in [1.29, 1.82) is 5.26 Å². The van der Waals surface area contributed by atoms with Crippen LogP contribution >= 0.6 is 11.6 Å². The molecule has 34 heavy (non-hydrogen) atoms. The summed E-state index contributed by atoms with van der Waals surface area (Å²) in [6.45, 7) is 4.61. The molecule has 2 amide bonds. The first-order chi connectivity index (χ1) is 16.1. The molecule has 2 aliphatic rings. The quantitative estimate of drug-likeness (QED) is 0.576. The van der Waals surface area contributed by atoms with E-state index >= 15 is 0 Å². The lowest BCUT2D eigenvalue weighted by Crippen LogP contribution is -2.59. The molecular formula is C24H29ClN6O3. The fraction of sp³-hybridized carbons (Fsp3) is 0.500. The summed E-state index contributed by atoms with van der Waals surface area (Å²) >= 11 is 5.94. The van der Waals surface area contributed by atoms with Gasteiger partial charge in [-0.15, -0.1) is 0 Å². The number of hydrogen-bond donors (Lipinski definition) is 3. The van der Waals surface area contributed by atoms with Gasteiger partial charge in [-0.3, -0.25) is 14.3 Å². The molecule has 1 saturated heterocycles. The number of benzene rings is 1. The maximum absolute atomic E-state index is 13.0. The number of nitrogens with two attached hydrogens (primary N) is 1. The second kappa shape index (κ2) is 9.28. The Hall–Kier alpha value is -3.09. The smallest absolute Gasteiger partial charge is 0.254 e. The molecule has 4 rings (SSSR count). The molecule has 1 unspecified atom stereocenters. The van der Waals surface area contributed by atoms with Crippen LogP contribution in [0.3, 0.4) is 0 Å². The zero-order valence-electron chi connectivity index (χ0n) is 19.2. The van der Waals surface area contributed by atoms with Crippen molar-refractivity contribution in [1.82, 2.24) is 14.7 Å². The number of carbonyl (C=O) groups excluding carboxylic acids is 2. The highest BCUT2D eigenvalue weighted by Crippen LogP contribution is 2.40. The summed E-state index contributed by atoms with van der Waals surface area (Å²) in [6, 6.07) is 9.03. The molecular weight excluding hydrogens is 456 g/mol. The molecule has 2 aromatic rings. The molecule has 10 heteroatoms. The maximum Gasteiger partial charge on any atom is 0.254 e. The highest BCUT2D eigenvalue weighted by Gasteiger charge is 2.44. The van der Waals surface area contributed by atoms with Crippen molar-refractivity contribution in [3.63, 3.8) is 0 Å². The van der Waals surface area contributed by atoms with E-state index in [1.165, 1.54) is 0 Å². The third-order valence-corrected chi connectivity index (χ3v) is 7.22. The number of aromatic nitrogens is 2. The Kier molecular flexibility index (Phi) is 6.56. The van der Waals surface area contributed by atoms with Gasteiger partial charge in [-0.25, -0.2) is 0 Å². The van der Waals surface area contributed by atoms with Crippen LogP contribution in [0.15, 0.2) is 30.5 Å². The summed E-state index contributed by atoms with van der Waals surface area (Å²) < 4.78 is 1.63. The highest BCUT2D eigenvalue weighted by molar-refractivity contribution is 6.30. The number of carbonyl (C=O) groups is 2. The number of likely N-dealkylation sites (tertiary alicyclic amines) is 1. The van der Waals surface area contributed by atoms with Crippen LogP contribution in [0.2, 0.25) is 5.02 Å². The van der Waals surface area contributed by atoms with E-state index < -0.39 is 17.4 Å². The molecule has 1 saturated carbocycles. The molecule has 1 aromatic heterocycles. The van der Waals surface area contributed by atoms with Crippen molar-refractivity contribution in [2.24, 2.45) is 23.5 Å². The molecule has 2 fully saturated rings. The number of nitrogens with one attached hydrogen (secondary N) is 1. The lowest BCUT2D eigenvalue weighted by atomic mass is 9.76. The number of hydrogen-bond acceptors (Lipinski definition) is 6. The number of aliphatic hydroxyl groups is 1. The van der Waals surface area contributed by atoms with Gasteiger partial charge >= 0.3 is 0 Å². The van der Waals surface area contributed by atoms with E-state index in [1.807, 2.05) is 0 Å². The first kappa shape index (κ1) is 24.0. The Labute approximate surface area is 203 Å². The van der Waals surface area contributed by atoms with Crippen LogP contribution in [-0.2, 0) is 4.79 Å². The van der Waals surface area contributed by atoms with Gasteiger partial charge in [0.25, 0.3) is 5.91 Å². The predicted molar refractivity (Wildman–Crippen MR) is 127 cm³/mol. The molecule has 1 aliphatic heterocycles. The predicted octanol–water partition coefficient (Wildman–Crippen LogP) is 3.09. The van der Waals surface area contributed by atoms with Crippen LogP contribution in [0.1, 0.15) is 49.5 Å². The van der Waals surface area contributed by atoms with E-state index in [4.69, 9.17) is 17.3 Å². The minimum atomic E-state index is -0.806. The zero-order chi connectivity index (χ0) is 24.6. The van der Waals surface area contributed by atoms with Gasteiger partial charge in [0, 0.05) is 41.8 Å². The Morgan fingerprint density at radius 1 is 1.26 bits per heavy atom. The van der Waals surface area contributed by atoms with Crippen LogP contribution in [0.4, 0.5) is 11.5 Å². The summed E-state index contributed by atoms with van der Waals surface area (Å²) in [5, 5.41) is 28.2. The van der Waals surface area contributed by atoms with Gasteiger partial charge in [0.1, 0.15) is 5.56 Å². The number of amides is 2. The number of nitriles is 1. The van der Waals surface area contributed by atoms with E-state index in [2.05, 4.69) is 16.5 Å². The number of anilines is 2. The first-order valence-electron chi connectivity index (χ1n) is 11.4. The maximum atomic E-state index is 13.0. The first-order valence-corrected chi connectivity index (χ1v) is 11.8. The van der Waals surface area contributed by atoms with Crippen molar-refractivity contribution in [3.8, 4) is 6.07 Å². The molecule has 3 atom stereocenters. The summed E-state index contributed by atoms with van der Waals surface area (Å²) in [4.78, 5) is 26.8. The van der Waals surface area contributed by atoms with Gasteiger partial charge in [0.2, 0.25) is 5.91 Å². The standard InChI is InChI=1S/C24H29ClN6O3/c1-24(2,34)16-11-30(12-16)23(33)14-3-8-20(15(9-14)10-26)31-13-19(21(27)32)22(29-31)28-18-6-4-17(25)5-7-18/h4-7,13-16,20,34H,3,8-9,11-12H2,1-2H3,(H2,27,32)(H,28,29)/t14-,15+,20?/m0/s1. The summed E-state index contributed by atoms with van der Waals surface area (Å²) in [5.41, 5.74) is 5.69. The van der Waals surface area contributed by atoms with E-state index in [9.17, 15) is 20.0 Å². The fourth-order valence-electron chi connectivity index (χ4n) is 4.70. The lowest BCUT2D eigenvalue weighted by Gasteiger charge is -2.47. The van der Waals surface area contributed by atoms with Gasteiger partial charge in [0.15, 0.2) is 5.82 Å². The Balaban J connectivity index is 1.46. The largest absolute Gasteiger partial charge is 0.390 e. The third-order valence-electron chi connectivity index (χ3n) is 6.97. The van der Waals surface area contributed by atoms with E-state index in [0.29, 0.717) is 48.9 Å². The molecule has 0 spiro atoms. The minimum absolute atomic E-state index is 0.0441. The molecule has 0 bridgehead atoms. The van der Waals surface area contributed by atoms with Crippen molar-refractivity contribution < 1.29 is 14.7 Å². The summed E-state index contributed by atoms with van der Waals surface area (Å²) in [7, 11) is 0. The average molecular weight is 485 g/mol. The van der Waals surface area contributed by atoms with E-state index in [1.54, 1.807) is 53.9 Å². The Morgan fingerprint density at radius 2 is 1.94 bits per heavy atom. The molecule has 1 aliphatic carbocycles. The van der Waals surface area contributed by atoms with Crippen LogP contribution in [0, 0.1) is 29.1 Å². The highest BCUT2D eigenvalue weighted by atomic mass is 35.5. The normalized spacial score (nSPS) is 23.1. The Bertz CT molecular complexity index is 1110. The lowest BCUT2D eigenvalue weighted by molar-refractivity contribution is -0.150. The SMILES string of the molecule is CC(C)(O)C1CN(C(=O)[C@H]2CCC(n3cc(C(N)=O)c(Nc4ccc(Cl)cc4)n3)[C@@H](C#N)C2)C1. The van der Waals surface area contributed by atoms with Crippen LogP contribution in [0.25, 0.3) is 0 Å². The molecule has 4 N–H and O–H groups in total. The van der Waals surface area contributed by atoms with Crippen molar-refractivity contribution in [3.05, 3.63) is 41.0 Å².